The second-order valence-electron chi connectivity index (χ2n) is 8.05. The van der Waals surface area contributed by atoms with E-state index in [0.29, 0.717) is 32.8 Å². The predicted octanol–water partition coefficient (Wildman–Crippen LogP) is 5.25. The van der Waals surface area contributed by atoms with Gasteiger partial charge >= 0.3 is 5.97 Å². The number of aryl methyl sites for hydroxylation is 3. The van der Waals surface area contributed by atoms with Crippen LogP contribution in [0.5, 0.6) is 0 Å². The van der Waals surface area contributed by atoms with Gasteiger partial charge in [0.05, 0.1) is 22.5 Å². The van der Waals surface area contributed by atoms with Gasteiger partial charge in [0, 0.05) is 28.1 Å². The third-order valence-corrected chi connectivity index (χ3v) is 6.52. The lowest BCUT2D eigenvalue weighted by molar-refractivity contribution is 0.0470. The van der Waals surface area contributed by atoms with Crippen LogP contribution in [0.4, 0.5) is 0 Å². The van der Waals surface area contributed by atoms with E-state index in [4.69, 9.17) is 9.72 Å². The fourth-order valence-corrected chi connectivity index (χ4v) is 4.87. The summed E-state index contributed by atoms with van der Waals surface area (Å²) in [7, 11) is 0. The molecule has 7 heteroatoms. The molecule has 5 rings (SSSR count). The number of benzene rings is 2. The van der Waals surface area contributed by atoms with Gasteiger partial charge in [0.2, 0.25) is 0 Å². The summed E-state index contributed by atoms with van der Waals surface area (Å²) in [6.07, 6.45) is 0. The van der Waals surface area contributed by atoms with E-state index in [2.05, 4.69) is 11.1 Å². The third kappa shape index (κ3) is 3.91. The molecule has 0 amide bonds. The number of rotatable bonds is 4. The van der Waals surface area contributed by atoms with Gasteiger partial charge in [0.25, 0.3) is 5.56 Å². The van der Waals surface area contributed by atoms with Crippen molar-refractivity contribution in [2.45, 2.75) is 27.4 Å². The summed E-state index contributed by atoms with van der Waals surface area (Å²) in [5, 5.41) is 2.59. The average molecular weight is 456 g/mol. The molecule has 0 unspecified atom stereocenters. The van der Waals surface area contributed by atoms with Gasteiger partial charge < -0.3 is 4.74 Å². The van der Waals surface area contributed by atoms with Gasteiger partial charge in [0.15, 0.2) is 4.96 Å². The summed E-state index contributed by atoms with van der Waals surface area (Å²) in [4.78, 5) is 35.4. The van der Waals surface area contributed by atoms with Crippen molar-refractivity contribution >= 4 is 33.2 Å². The van der Waals surface area contributed by atoms with Gasteiger partial charge in [-0.15, -0.1) is 11.3 Å². The molecule has 164 valence electrons. The first-order valence-corrected chi connectivity index (χ1v) is 11.4. The lowest BCUT2D eigenvalue weighted by Gasteiger charge is -2.12. The van der Waals surface area contributed by atoms with Crippen molar-refractivity contribution in [1.82, 2.24) is 14.4 Å². The minimum absolute atomic E-state index is 0.0862. The average Bonchev–Trinajstić information content (AvgIpc) is 3.18. The molecule has 0 spiro atoms. The molecule has 3 aromatic heterocycles. The zero-order chi connectivity index (χ0) is 23.1. The molecular weight excluding hydrogens is 434 g/mol. The Morgan fingerprint density at radius 1 is 1.03 bits per heavy atom. The van der Waals surface area contributed by atoms with Crippen molar-refractivity contribution in [2.75, 3.05) is 0 Å². The fourth-order valence-electron chi connectivity index (χ4n) is 3.98. The second-order valence-corrected chi connectivity index (χ2v) is 8.88. The number of carbonyl (C=O) groups excluding carboxylic acids is 1. The molecule has 0 saturated heterocycles. The van der Waals surface area contributed by atoms with E-state index in [-0.39, 0.29) is 12.2 Å². The number of carbonyl (C=O) groups is 1. The highest BCUT2D eigenvalue weighted by molar-refractivity contribution is 7.15. The number of para-hydroxylation sites is 1. The number of pyridine rings is 1. The van der Waals surface area contributed by atoms with Crippen LogP contribution in [-0.4, -0.2) is 20.3 Å². The van der Waals surface area contributed by atoms with Crippen molar-refractivity contribution in [2.24, 2.45) is 0 Å². The lowest BCUT2D eigenvalue weighted by atomic mass is 9.99. The molecule has 0 aliphatic carbocycles. The van der Waals surface area contributed by atoms with Gasteiger partial charge in [-0.1, -0.05) is 42.0 Å². The number of aromatic nitrogens is 3. The Balaban J connectivity index is 1.51. The Labute approximate surface area is 194 Å². The smallest absolute Gasteiger partial charge is 0.339 e. The van der Waals surface area contributed by atoms with Crippen LogP contribution in [0.1, 0.15) is 32.9 Å². The first-order valence-electron chi connectivity index (χ1n) is 10.5. The number of thiazole rings is 1. The molecule has 3 heterocycles. The Kier molecular flexibility index (Phi) is 5.26. The second kappa shape index (κ2) is 8.26. The van der Waals surface area contributed by atoms with Crippen molar-refractivity contribution in [3.63, 3.8) is 0 Å². The van der Waals surface area contributed by atoms with E-state index in [1.54, 1.807) is 10.5 Å². The van der Waals surface area contributed by atoms with Gasteiger partial charge in [-0.3, -0.25) is 9.20 Å². The summed E-state index contributed by atoms with van der Waals surface area (Å²) in [5.41, 5.74) is 6.14. The molecule has 6 nitrogen and oxygen atoms in total. The molecule has 33 heavy (non-hydrogen) atoms. The molecule has 0 saturated carbocycles. The zero-order valence-corrected chi connectivity index (χ0v) is 19.3. The van der Waals surface area contributed by atoms with Crippen LogP contribution >= 0.6 is 11.3 Å². The monoisotopic (exact) mass is 455 g/mol. The van der Waals surface area contributed by atoms with Crippen LogP contribution in [0.25, 0.3) is 27.1 Å². The van der Waals surface area contributed by atoms with E-state index in [1.165, 1.54) is 17.4 Å². The van der Waals surface area contributed by atoms with E-state index in [9.17, 15) is 9.59 Å². The number of esters is 1. The molecule has 0 atom stereocenters. The summed E-state index contributed by atoms with van der Waals surface area (Å²) in [6, 6.07) is 16.8. The molecule has 0 aliphatic rings. The number of hydrogen-bond acceptors (Lipinski definition) is 6. The Morgan fingerprint density at radius 3 is 2.67 bits per heavy atom. The Bertz CT molecular complexity index is 1600. The van der Waals surface area contributed by atoms with Crippen molar-refractivity contribution in [3.05, 3.63) is 98.4 Å². The maximum Gasteiger partial charge on any atom is 0.339 e. The van der Waals surface area contributed by atoms with E-state index in [1.807, 2.05) is 62.5 Å². The first-order chi connectivity index (χ1) is 15.9. The zero-order valence-electron chi connectivity index (χ0n) is 18.5. The predicted molar refractivity (Wildman–Crippen MR) is 130 cm³/mol. The normalized spacial score (nSPS) is 11.2. The van der Waals surface area contributed by atoms with E-state index < -0.39 is 5.97 Å². The highest BCUT2D eigenvalue weighted by Gasteiger charge is 2.17. The quantitative estimate of drug-likeness (QED) is 0.346. The molecule has 5 aromatic rings. The Hall–Kier alpha value is -3.84. The van der Waals surface area contributed by atoms with Crippen molar-refractivity contribution in [3.8, 4) is 11.3 Å². The van der Waals surface area contributed by atoms with Crippen LogP contribution in [0.3, 0.4) is 0 Å². The highest BCUT2D eigenvalue weighted by atomic mass is 32.1. The van der Waals surface area contributed by atoms with Gasteiger partial charge in [-0.2, -0.15) is 0 Å². The molecule has 0 fully saturated rings. The van der Waals surface area contributed by atoms with Gasteiger partial charge in [0.1, 0.15) is 6.61 Å². The maximum atomic E-state index is 13.1. The summed E-state index contributed by atoms with van der Waals surface area (Å²) < 4.78 is 7.14. The number of hydrogen-bond donors (Lipinski definition) is 0. The van der Waals surface area contributed by atoms with Gasteiger partial charge in [-0.05, 0) is 38.5 Å². The molecular formula is C26H21N3O3S. The standard InChI is InChI=1S/C26H21N3O3S/c1-15-8-9-19(16(2)10-15)23-12-21(20-6-4-5-7-22(20)28-23)25(31)32-13-18-11-24(30)29-17(3)14-33-26(29)27-18/h4-12,14H,13H2,1-3H3. The van der Waals surface area contributed by atoms with Crippen LogP contribution in [0.15, 0.2) is 64.8 Å². The van der Waals surface area contributed by atoms with Crippen molar-refractivity contribution < 1.29 is 9.53 Å². The molecule has 0 aliphatic heterocycles. The largest absolute Gasteiger partial charge is 0.456 e. The van der Waals surface area contributed by atoms with Gasteiger partial charge in [-0.25, -0.2) is 14.8 Å². The van der Waals surface area contributed by atoms with E-state index >= 15 is 0 Å². The number of nitrogens with zero attached hydrogens (tertiary/aromatic N) is 3. The number of ether oxygens (including phenoxy) is 1. The van der Waals surface area contributed by atoms with Crippen LogP contribution in [0, 0.1) is 20.8 Å². The SMILES string of the molecule is Cc1ccc(-c2cc(C(=O)OCc3cc(=O)n4c(C)csc4n3)c3ccccc3n2)c(C)c1. The molecule has 0 radical (unpaired) electrons. The molecule has 0 N–H and O–H groups in total. The van der Waals surface area contributed by atoms with Crippen LogP contribution < -0.4 is 5.56 Å². The summed E-state index contributed by atoms with van der Waals surface area (Å²) in [6.45, 7) is 5.84. The highest BCUT2D eigenvalue weighted by Crippen LogP contribution is 2.28. The fraction of sp³-hybridized carbons (Fsp3) is 0.154. The van der Waals surface area contributed by atoms with Crippen LogP contribution in [-0.2, 0) is 11.3 Å². The molecule has 2 aromatic carbocycles. The van der Waals surface area contributed by atoms with Crippen molar-refractivity contribution in [1.29, 1.82) is 0 Å². The topological polar surface area (TPSA) is 73.6 Å². The Morgan fingerprint density at radius 2 is 1.85 bits per heavy atom. The minimum Gasteiger partial charge on any atom is -0.456 e. The molecule has 0 bridgehead atoms. The lowest BCUT2D eigenvalue weighted by Crippen LogP contribution is -2.16. The summed E-state index contributed by atoms with van der Waals surface area (Å²) >= 11 is 1.38. The van der Waals surface area contributed by atoms with Crippen LogP contribution in [0.2, 0.25) is 0 Å². The maximum absolute atomic E-state index is 13.1. The number of fused-ring (bicyclic) bond motifs is 2. The minimum atomic E-state index is -0.482. The third-order valence-electron chi connectivity index (χ3n) is 5.57. The summed E-state index contributed by atoms with van der Waals surface area (Å²) in [5.74, 6) is -0.482. The van der Waals surface area contributed by atoms with E-state index in [0.717, 1.165) is 22.4 Å². The first kappa shape index (κ1) is 21.0.